The average Bonchev–Trinajstić information content (AvgIpc) is 2.56. The quantitative estimate of drug-likeness (QED) is 0.592. The third-order valence-electron chi connectivity index (χ3n) is 4.48. The topological polar surface area (TPSA) is 0 Å². The third-order valence-corrected chi connectivity index (χ3v) is 4.97. The molecule has 2 heteroatoms. The van der Waals surface area contributed by atoms with Gasteiger partial charge < -0.3 is 0 Å². The molecule has 1 atom stereocenters. The fourth-order valence-corrected chi connectivity index (χ4v) is 3.56. The Bertz CT molecular complexity index is 585. The summed E-state index contributed by atoms with van der Waals surface area (Å²) in [4.78, 5) is 0. The Balaban J connectivity index is 1.79. The highest BCUT2D eigenvalue weighted by atomic mass is 35.5. The minimum absolute atomic E-state index is 0.242. The van der Waals surface area contributed by atoms with Crippen LogP contribution < -0.4 is 0 Å². The van der Waals surface area contributed by atoms with E-state index < -0.39 is 5.38 Å². The van der Waals surface area contributed by atoms with Crippen LogP contribution in [0, 0.1) is 5.82 Å². The van der Waals surface area contributed by atoms with Gasteiger partial charge in [0.25, 0.3) is 0 Å². The molecule has 0 N–H and O–H groups in total. The first-order chi connectivity index (χ1) is 10.3. The summed E-state index contributed by atoms with van der Waals surface area (Å²) in [7, 11) is 0. The fraction of sp³-hybridized carbons (Fsp3) is 0.368. The number of hydrogen-bond donors (Lipinski definition) is 0. The van der Waals surface area contributed by atoms with Gasteiger partial charge in [0.15, 0.2) is 0 Å². The minimum atomic E-state index is -0.424. The van der Waals surface area contributed by atoms with Gasteiger partial charge >= 0.3 is 0 Å². The van der Waals surface area contributed by atoms with Crippen molar-refractivity contribution in [2.45, 2.75) is 43.4 Å². The van der Waals surface area contributed by atoms with E-state index in [9.17, 15) is 4.39 Å². The molecule has 1 aliphatic carbocycles. The highest BCUT2D eigenvalue weighted by Crippen LogP contribution is 2.35. The first kappa shape index (κ1) is 14.6. The maximum Gasteiger partial charge on any atom is 0.128 e. The van der Waals surface area contributed by atoms with Crippen molar-refractivity contribution in [2.75, 3.05) is 0 Å². The molecular formula is C19H20ClF. The van der Waals surface area contributed by atoms with Gasteiger partial charge in [-0.1, -0.05) is 61.7 Å². The predicted molar refractivity (Wildman–Crippen MR) is 86.4 cm³/mol. The Morgan fingerprint density at radius 1 is 0.905 bits per heavy atom. The Morgan fingerprint density at radius 2 is 1.57 bits per heavy atom. The van der Waals surface area contributed by atoms with E-state index in [-0.39, 0.29) is 5.82 Å². The summed E-state index contributed by atoms with van der Waals surface area (Å²) in [6.45, 7) is 0. The number of hydrogen-bond acceptors (Lipinski definition) is 0. The molecule has 0 aliphatic heterocycles. The molecule has 0 spiro atoms. The van der Waals surface area contributed by atoms with E-state index in [1.807, 2.05) is 18.2 Å². The van der Waals surface area contributed by atoms with Gasteiger partial charge in [-0.2, -0.15) is 0 Å². The molecule has 110 valence electrons. The van der Waals surface area contributed by atoms with Gasteiger partial charge in [0, 0.05) is 5.56 Å². The SMILES string of the molecule is Fc1ccccc1C(Cl)c1ccc(C2CCCCC2)cc1. The molecule has 0 saturated heterocycles. The lowest BCUT2D eigenvalue weighted by Gasteiger charge is -2.22. The van der Waals surface area contributed by atoms with Crippen molar-refractivity contribution < 1.29 is 4.39 Å². The van der Waals surface area contributed by atoms with Crippen LogP contribution in [0.4, 0.5) is 4.39 Å². The Labute approximate surface area is 131 Å². The van der Waals surface area contributed by atoms with Crippen LogP contribution in [-0.4, -0.2) is 0 Å². The van der Waals surface area contributed by atoms with Crippen molar-refractivity contribution in [3.05, 3.63) is 71.0 Å². The van der Waals surface area contributed by atoms with E-state index in [1.54, 1.807) is 12.1 Å². The molecular weight excluding hydrogens is 283 g/mol. The third kappa shape index (κ3) is 3.29. The summed E-state index contributed by atoms with van der Waals surface area (Å²) in [6.07, 6.45) is 6.61. The monoisotopic (exact) mass is 302 g/mol. The van der Waals surface area contributed by atoms with Gasteiger partial charge in [-0.25, -0.2) is 4.39 Å². The second kappa shape index (κ2) is 6.62. The molecule has 1 fully saturated rings. The van der Waals surface area contributed by atoms with Crippen molar-refractivity contribution >= 4 is 11.6 Å². The zero-order valence-corrected chi connectivity index (χ0v) is 12.8. The van der Waals surface area contributed by atoms with Crippen LogP contribution in [0.2, 0.25) is 0 Å². The lowest BCUT2D eigenvalue weighted by molar-refractivity contribution is 0.443. The Kier molecular flexibility index (Phi) is 4.60. The molecule has 0 amide bonds. The highest BCUT2D eigenvalue weighted by molar-refractivity contribution is 6.22. The van der Waals surface area contributed by atoms with E-state index in [2.05, 4.69) is 12.1 Å². The first-order valence-corrected chi connectivity index (χ1v) is 8.17. The van der Waals surface area contributed by atoms with Crippen LogP contribution in [-0.2, 0) is 0 Å². The van der Waals surface area contributed by atoms with E-state index in [0.717, 1.165) is 5.56 Å². The Hall–Kier alpha value is -1.34. The largest absolute Gasteiger partial charge is 0.207 e. The van der Waals surface area contributed by atoms with Crippen LogP contribution >= 0.6 is 11.6 Å². The molecule has 3 rings (SSSR count). The summed E-state index contributed by atoms with van der Waals surface area (Å²) < 4.78 is 13.8. The molecule has 2 aromatic carbocycles. The first-order valence-electron chi connectivity index (χ1n) is 7.74. The normalized spacial score (nSPS) is 17.6. The smallest absolute Gasteiger partial charge is 0.128 e. The molecule has 2 aromatic rings. The van der Waals surface area contributed by atoms with Gasteiger partial charge in [-0.3, -0.25) is 0 Å². The molecule has 21 heavy (non-hydrogen) atoms. The van der Waals surface area contributed by atoms with Crippen LogP contribution in [0.5, 0.6) is 0 Å². The predicted octanol–water partition coefficient (Wildman–Crippen LogP) is 6.20. The zero-order valence-electron chi connectivity index (χ0n) is 12.1. The Morgan fingerprint density at radius 3 is 2.24 bits per heavy atom. The molecule has 0 aromatic heterocycles. The van der Waals surface area contributed by atoms with Crippen molar-refractivity contribution in [1.29, 1.82) is 0 Å². The molecule has 0 bridgehead atoms. The molecule has 0 radical (unpaired) electrons. The summed E-state index contributed by atoms with van der Waals surface area (Å²) in [5.74, 6) is 0.448. The second-order valence-corrected chi connectivity index (χ2v) is 6.32. The van der Waals surface area contributed by atoms with Crippen molar-refractivity contribution in [3.8, 4) is 0 Å². The second-order valence-electron chi connectivity index (χ2n) is 5.89. The summed E-state index contributed by atoms with van der Waals surface area (Å²) in [6, 6.07) is 15.2. The lowest BCUT2D eigenvalue weighted by Crippen LogP contribution is -2.04. The van der Waals surface area contributed by atoms with Crippen molar-refractivity contribution in [1.82, 2.24) is 0 Å². The highest BCUT2D eigenvalue weighted by Gasteiger charge is 2.17. The maximum atomic E-state index is 13.8. The molecule has 0 heterocycles. The summed E-state index contributed by atoms with van der Waals surface area (Å²) in [5.41, 5.74) is 2.90. The van der Waals surface area contributed by atoms with Gasteiger partial charge in [0.2, 0.25) is 0 Å². The van der Waals surface area contributed by atoms with Crippen LogP contribution in [0.3, 0.4) is 0 Å². The van der Waals surface area contributed by atoms with Gasteiger partial charge in [0.1, 0.15) is 5.82 Å². The number of rotatable bonds is 3. The fourth-order valence-electron chi connectivity index (χ4n) is 3.23. The van der Waals surface area contributed by atoms with E-state index in [1.165, 1.54) is 43.7 Å². The molecule has 0 nitrogen and oxygen atoms in total. The van der Waals surface area contributed by atoms with E-state index >= 15 is 0 Å². The van der Waals surface area contributed by atoms with Crippen LogP contribution in [0.1, 0.15) is 60.1 Å². The van der Waals surface area contributed by atoms with Crippen molar-refractivity contribution in [3.63, 3.8) is 0 Å². The van der Waals surface area contributed by atoms with E-state index in [4.69, 9.17) is 11.6 Å². The van der Waals surface area contributed by atoms with Crippen LogP contribution in [0.15, 0.2) is 48.5 Å². The molecule has 1 saturated carbocycles. The zero-order chi connectivity index (χ0) is 14.7. The van der Waals surface area contributed by atoms with Crippen molar-refractivity contribution in [2.24, 2.45) is 0 Å². The van der Waals surface area contributed by atoms with Gasteiger partial charge in [0.05, 0.1) is 5.38 Å². The van der Waals surface area contributed by atoms with Crippen LogP contribution in [0.25, 0.3) is 0 Å². The average molecular weight is 303 g/mol. The summed E-state index contributed by atoms with van der Waals surface area (Å²) in [5, 5.41) is -0.424. The lowest BCUT2D eigenvalue weighted by atomic mass is 9.84. The van der Waals surface area contributed by atoms with Gasteiger partial charge in [-0.05, 0) is 36.0 Å². The standard InChI is InChI=1S/C19H20ClF/c20-19(17-8-4-5-9-18(17)21)16-12-10-15(11-13-16)14-6-2-1-3-7-14/h4-5,8-14,19H,1-3,6-7H2. The maximum absolute atomic E-state index is 13.8. The van der Waals surface area contributed by atoms with E-state index in [0.29, 0.717) is 11.5 Å². The summed E-state index contributed by atoms with van der Waals surface area (Å²) >= 11 is 6.44. The van der Waals surface area contributed by atoms with Gasteiger partial charge in [-0.15, -0.1) is 11.6 Å². The number of alkyl halides is 1. The number of benzene rings is 2. The number of halogens is 2. The minimum Gasteiger partial charge on any atom is -0.207 e. The molecule has 1 unspecified atom stereocenters. The molecule has 1 aliphatic rings.